The quantitative estimate of drug-likeness (QED) is 0.327. The molecule has 21 heavy (non-hydrogen) atoms. The van der Waals surface area contributed by atoms with Crippen molar-refractivity contribution in [2.24, 2.45) is 0 Å². The number of amides is 2. The van der Waals surface area contributed by atoms with Gasteiger partial charge >= 0.3 is 5.91 Å². The molecule has 0 rings (SSSR count). The van der Waals surface area contributed by atoms with Crippen molar-refractivity contribution in [2.75, 3.05) is 6.54 Å². The third-order valence-corrected chi connectivity index (χ3v) is 2.60. The van der Waals surface area contributed by atoms with E-state index in [4.69, 9.17) is 6.42 Å². The molecule has 0 spiro atoms. The first-order valence-corrected chi connectivity index (χ1v) is 5.66. The normalized spacial score (nSPS) is 11.6. The molecule has 0 bridgehead atoms. The Kier molecular flexibility index (Phi) is 6.66. The Labute approximate surface area is 119 Å². The number of carbonyl (C=O) groups excluding carboxylic acids is 2. The molecule has 0 aliphatic heterocycles. The minimum absolute atomic E-state index is 0.295. The van der Waals surface area contributed by atoms with Gasteiger partial charge in [0.1, 0.15) is 0 Å². The molecule has 4 nitrogen and oxygen atoms in total. The first-order valence-electron chi connectivity index (χ1n) is 5.66. The number of halogens is 4. The lowest BCUT2D eigenvalue weighted by Gasteiger charge is -2.36. The maximum Gasteiger partial charge on any atom is 0.342 e. The molecular weight excluding hydrogens is 292 g/mol. The van der Waals surface area contributed by atoms with Crippen LogP contribution in [0.4, 0.5) is 17.7 Å². The van der Waals surface area contributed by atoms with Crippen molar-refractivity contribution >= 4 is 11.8 Å². The largest absolute Gasteiger partial charge is 0.342 e. The molecule has 0 atom stereocenters. The minimum Gasteiger partial charge on any atom is -0.320 e. The molecule has 0 aliphatic carbocycles. The summed E-state index contributed by atoms with van der Waals surface area (Å²) in [5.74, 6) is -4.05. The number of carbonyl (C=O) groups is 2. The molecule has 0 aromatic rings. The highest BCUT2D eigenvalue weighted by Gasteiger charge is 2.31. The van der Waals surface area contributed by atoms with Gasteiger partial charge in [0.05, 0.1) is 6.54 Å². The van der Waals surface area contributed by atoms with E-state index < -0.39 is 34.4 Å². The smallest absolute Gasteiger partial charge is 0.320 e. The third-order valence-electron chi connectivity index (χ3n) is 2.60. The van der Waals surface area contributed by atoms with Crippen molar-refractivity contribution in [3.63, 3.8) is 0 Å². The van der Waals surface area contributed by atoms with Gasteiger partial charge in [-0.3, -0.25) is 9.59 Å². The van der Waals surface area contributed by atoms with Gasteiger partial charge in [-0.1, -0.05) is 21.5 Å². The van der Waals surface area contributed by atoms with Gasteiger partial charge in [0.2, 0.25) is 0 Å². The van der Waals surface area contributed by atoms with E-state index in [2.05, 4.69) is 12.5 Å². The van der Waals surface area contributed by atoms with Crippen LogP contribution in [-0.2, 0) is 9.59 Å². The Hall–Kier alpha value is -2.30. The zero-order valence-corrected chi connectivity index (χ0v) is 11.5. The van der Waals surface area contributed by atoms with Crippen LogP contribution in [-0.4, -0.2) is 34.1 Å². The molecule has 0 aromatic heterocycles. The van der Waals surface area contributed by atoms with E-state index in [9.17, 15) is 27.3 Å². The van der Waals surface area contributed by atoms with Crippen LogP contribution in [0.15, 0.2) is 24.3 Å². The fraction of sp³-hybridized carbons (Fsp3) is 0.385. The van der Waals surface area contributed by atoms with Gasteiger partial charge < -0.3 is 4.90 Å². The number of nitrogens with zero attached hydrogens (tertiary/aromatic N) is 2. The van der Waals surface area contributed by atoms with Gasteiger partial charge in [-0.05, 0) is 26.3 Å². The van der Waals surface area contributed by atoms with E-state index in [1.165, 1.54) is 13.8 Å². The van der Waals surface area contributed by atoms with E-state index in [1.807, 2.05) is 0 Å². The Bertz CT molecular complexity index is 507. The predicted octanol–water partition coefficient (Wildman–Crippen LogP) is 2.55. The molecular formula is C13H14F4N2O2. The molecule has 0 saturated carbocycles. The van der Waals surface area contributed by atoms with Crippen LogP contribution in [0.25, 0.3) is 0 Å². The molecule has 0 saturated heterocycles. The van der Waals surface area contributed by atoms with Crippen molar-refractivity contribution in [1.82, 2.24) is 10.2 Å². The maximum absolute atomic E-state index is 13.1. The molecule has 0 radical (unpaired) electrons. The van der Waals surface area contributed by atoms with Gasteiger partial charge in [0, 0.05) is 10.9 Å². The van der Waals surface area contributed by atoms with E-state index >= 15 is 0 Å². The summed E-state index contributed by atoms with van der Waals surface area (Å²) >= 11 is 0. The maximum atomic E-state index is 13.1. The lowest BCUT2D eigenvalue weighted by Crippen LogP contribution is -2.47. The molecule has 0 aromatic carbocycles. The lowest BCUT2D eigenvalue weighted by molar-refractivity contribution is -0.184. The third kappa shape index (κ3) is 5.30. The van der Waals surface area contributed by atoms with Crippen LogP contribution in [0.3, 0.4) is 0 Å². The van der Waals surface area contributed by atoms with Crippen LogP contribution in [0.5, 0.6) is 0 Å². The first kappa shape index (κ1) is 18.7. The highest BCUT2D eigenvalue weighted by atomic mass is 19.4. The first-order chi connectivity index (χ1) is 9.54. The molecule has 0 aliphatic rings. The summed E-state index contributed by atoms with van der Waals surface area (Å²) in [4.78, 5) is 23.1. The SMILES string of the molecule is C#CCN(C(=O)C(=C)F)C(C)(C)C/C=C(\F)C(=O)N(F)F. The Morgan fingerprint density at radius 3 is 2.19 bits per heavy atom. The van der Waals surface area contributed by atoms with Crippen LogP contribution in [0.1, 0.15) is 20.3 Å². The number of terminal acetylenes is 1. The average molecular weight is 306 g/mol. The highest BCUT2D eigenvalue weighted by molar-refractivity contribution is 5.91. The van der Waals surface area contributed by atoms with Crippen molar-refractivity contribution in [3.8, 4) is 12.3 Å². The van der Waals surface area contributed by atoms with Crippen molar-refractivity contribution in [2.45, 2.75) is 25.8 Å². The second-order valence-electron chi connectivity index (χ2n) is 4.61. The van der Waals surface area contributed by atoms with Gasteiger partial charge in [-0.2, -0.15) is 0 Å². The summed E-state index contributed by atoms with van der Waals surface area (Å²) in [6.07, 6.45) is 5.30. The summed E-state index contributed by atoms with van der Waals surface area (Å²) in [7, 11) is 0. The van der Waals surface area contributed by atoms with Crippen LogP contribution >= 0.6 is 0 Å². The summed E-state index contributed by atoms with van der Waals surface area (Å²) in [5, 5.41) is -1.91. The van der Waals surface area contributed by atoms with Crippen LogP contribution in [0.2, 0.25) is 0 Å². The van der Waals surface area contributed by atoms with Crippen molar-refractivity contribution in [3.05, 3.63) is 24.3 Å². The summed E-state index contributed by atoms with van der Waals surface area (Å²) in [6.45, 7) is 5.36. The zero-order chi connectivity index (χ0) is 16.8. The molecule has 8 heteroatoms. The molecule has 0 N–H and O–H groups in total. The standard InChI is InChI=1S/C13H14F4N2O2/c1-5-8-18(11(20)9(2)14)13(3,4)7-6-10(15)12(21)19(16)17/h1,6H,2,7-8H2,3-4H3/b10-6-. The zero-order valence-electron chi connectivity index (χ0n) is 11.5. The van der Waals surface area contributed by atoms with E-state index in [-0.39, 0.29) is 13.0 Å². The number of rotatable bonds is 6. The lowest BCUT2D eigenvalue weighted by atomic mass is 9.97. The average Bonchev–Trinajstić information content (AvgIpc) is 2.40. The van der Waals surface area contributed by atoms with Crippen molar-refractivity contribution < 1.29 is 27.3 Å². The number of hydrogen-bond donors (Lipinski definition) is 0. The summed E-state index contributed by atoms with van der Waals surface area (Å²) < 4.78 is 49.8. The van der Waals surface area contributed by atoms with Gasteiger partial charge in [0.15, 0.2) is 11.7 Å². The van der Waals surface area contributed by atoms with Crippen molar-refractivity contribution in [1.29, 1.82) is 0 Å². The van der Waals surface area contributed by atoms with Gasteiger partial charge in [0.25, 0.3) is 5.91 Å². The Morgan fingerprint density at radius 2 is 1.81 bits per heavy atom. The van der Waals surface area contributed by atoms with Crippen LogP contribution in [0, 0.1) is 12.3 Å². The molecule has 0 heterocycles. The second kappa shape index (κ2) is 7.47. The topological polar surface area (TPSA) is 40.6 Å². The summed E-state index contributed by atoms with van der Waals surface area (Å²) in [6, 6.07) is 0. The molecule has 116 valence electrons. The minimum atomic E-state index is -2.12. The van der Waals surface area contributed by atoms with E-state index in [0.29, 0.717) is 6.08 Å². The predicted molar refractivity (Wildman–Crippen MR) is 67.7 cm³/mol. The Morgan fingerprint density at radius 1 is 1.29 bits per heavy atom. The van der Waals surface area contributed by atoms with E-state index in [1.54, 1.807) is 0 Å². The fourth-order valence-corrected chi connectivity index (χ4v) is 1.42. The molecule has 2 amide bonds. The number of hydrogen-bond acceptors (Lipinski definition) is 2. The fourth-order valence-electron chi connectivity index (χ4n) is 1.42. The second-order valence-corrected chi connectivity index (χ2v) is 4.61. The molecule has 0 fully saturated rings. The van der Waals surface area contributed by atoms with Crippen LogP contribution < -0.4 is 0 Å². The van der Waals surface area contributed by atoms with Gasteiger partial charge in [-0.15, -0.1) is 6.42 Å². The van der Waals surface area contributed by atoms with Gasteiger partial charge in [-0.25, -0.2) is 8.78 Å². The molecule has 0 unspecified atom stereocenters. The Balaban J connectivity index is 5.21. The highest BCUT2D eigenvalue weighted by Crippen LogP contribution is 2.23. The monoisotopic (exact) mass is 306 g/mol. The van der Waals surface area contributed by atoms with E-state index in [0.717, 1.165) is 4.90 Å². The summed E-state index contributed by atoms with van der Waals surface area (Å²) in [5.41, 5.74) is -1.21.